The molecule has 2 aromatic heterocycles. The number of H-pyrrole nitrogens is 1. The van der Waals surface area contributed by atoms with Crippen molar-refractivity contribution < 1.29 is 9.18 Å². The maximum atomic E-state index is 13.4. The Bertz CT molecular complexity index is 935. The van der Waals surface area contributed by atoms with Crippen LogP contribution in [-0.2, 0) is 11.2 Å². The molecule has 1 fully saturated rings. The fraction of sp³-hybridized carbons (Fsp3) is 0.421. The molecule has 0 radical (unpaired) electrons. The van der Waals surface area contributed by atoms with Gasteiger partial charge in [0.25, 0.3) is 0 Å². The molecule has 3 heterocycles. The average molecular weight is 372 g/mol. The van der Waals surface area contributed by atoms with Crippen molar-refractivity contribution in [3.8, 4) is 0 Å². The zero-order chi connectivity index (χ0) is 18.1. The standard InChI is InChI=1S/C19H21FN4OS/c1-12-17(26-11-21-12)7-8-18(25)24-9-3-2-4-16(24)19-22-14-6-5-13(20)10-15(14)23-19/h5-6,10-11,16H,2-4,7-9H2,1H3,(H,22,23)/t16-/m1/s1. The summed E-state index contributed by atoms with van der Waals surface area (Å²) in [5.74, 6) is 0.617. The zero-order valence-electron chi connectivity index (χ0n) is 14.7. The first-order valence-corrected chi connectivity index (χ1v) is 9.83. The van der Waals surface area contributed by atoms with E-state index in [2.05, 4.69) is 15.0 Å². The summed E-state index contributed by atoms with van der Waals surface area (Å²) in [5.41, 5.74) is 4.25. The van der Waals surface area contributed by atoms with E-state index in [0.717, 1.165) is 49.3 Å². The third-order valence-electron chi connectivity index (χ3n) is 5.01. The molecule has 1 aromatic carbocycles. The molecule has 26 heavy (non-hydrogen) atoms. The first-order chi connectivity index (χ1) is 12.6. The number of carbonyl (C=O) groups is 1. The first-order valence-electron chi connectivity index (χ1n) is 8.95. The van der Waals surface area contributed by atoms with Gasteiger partial charge in [-0.25, -0.2) is 14.4 Å². The molecule has 136 valence electrons. The fourth-order valence-corrected chi connectivity index (χ4v) is 4.39. The number of thiazole rings is 1. The highest BCUT2D eigenvalue weighted by Gasteiger charge is 2.30. The number of likely N-dealkylation sites (tertiary alicyclic amines) is 1. The Morgan fingerprint density at radius 3 is 3.12 bits per heavy atom. The minimum Gasteiger partial charge on any atom is -0.340 e. The van der Waals surface area contributed by atoms with Crippen molar-refractivity contribution in [3.63, 3.8) is 0 Å². The van der Waals surface area contributed by atoms with Crippen LogP contribution in [0.5, 0.6) is 0 Å². The van der Waals surface area contributed by atoms with Crippen LogP contribution in [0.1, 0.15) is 48.1 Å². The van der Waals surface area contributed by atoms with Crippen LogP contribution < -0.4 is 0 Å². The van der Waals surface area contributed by atoms with Gasteiger partial charge in [-0.05, 0) is 50.8 Å². The first kappa shape index (κ1) is 17.1. The molecule has 1 aliphatic rings. The zero-order valence-corrected chi connectivity index (χ0v) is 15.5. The minimum absolute atomic E-state index is 0.0609. The van der Waals surface area contributed by atoms with Crippen LogP contribution in [0.3, 0.4) is 0 Å². The molecule has 0 unspecified atom stereocenters. The van der Waals surface area contributed by atoms with Crippen molar-refractivity contribution in [3.05, 3.63) is 45.9 Å². The van der Waals surface area contributed by atoms with Crippen LogP contribution in [0.4, 0.5) is 4.39 Å². The normalized spacial score (nSPS) is 17.8. The van der Waals surface area contributed by atoms with Crippen molar-refractivity contribution in [2.75, 3.05) is 6.54 Å². The third kappa shape index (κ3) is 3.35. The number of aryl methyl sites for hydroxylation is 2. The van der Waals surface area contributed by atoms with Crippen LogP contribution in [0.15, 0.2) is 23.7 Å². The molecule has 4 rings (SSSR count). The second-order valence-electron chi connectivity index (χ2n) is 6.74. The number of nitrogens with one attached hydrogen (secondary N) is 1. The second kappa shape index (κ2) is 7.15. The predicted molar refractivity (Wildman–Crippen MR) is 99.5 cm³/mol. The number of aromatic nitrogens is 3. The lowest BCUT2D eigenvalue weighted by atomic mass is 10.0. The van der Waals surface area contributed by atoms with Crippen LogP contribution >= 0.6 is 11.3 Å². The van der Waals surface area contributed by atoms with Crippen LogP contribution in [0, 0.1) is 12.7 Å². The van der Waals surface area contributed by atoms with Gasteiger partial charge in [0.05, 0.1) is 28.3 Å². The smallest absolute Gasteiger partial charge is 0.223 e. The minimum atomic E-state index is -0.288. The van der Waals surface area contributed by atoms with E-state index in [1.54, 1.807) is 17.4 Å². The summed E-state index contributed by atoms with van der Waals surface area (Å²) in [6, 6.07) is 4.47. The van der Waals surface area contributed by atoms with Gasteiger partial charge >= 0.3 is 0 Å². The van der Waals surface area contributed by atoms with Crippen LogP contribution in [-0.4, -0.2) is 32.3 Å². The lowest BCUT2D eigenvalue weighted by Gasteiger charge is -2.34. The summed E-state index contributed by atoms with van der Waals surface area (Å²) < 4.78 is 13.4. The van der Waals surface area contributed by atoms with Gasteiger partial charge in [-0.1, -0.05) is 0 Å². The van der Waals surface area contributed by atoms with Crippen LogP contribution in [0.25, 0.3) is 11.0 Å². The van der Waals surface area contributed by atoms with Gasteiger partial charge in [0.15, 0.2) is 0 Å². The molecule has 1 atom stereocenters. The van der Waals surface area contributed by atoms with Gasteiger partial charge in [-0.15, -0.1) is 11.3 Å². The monoisotopic (exact) mass is 372 g/mol. The summed E-state index contributed by atoms with van der Waals surface area (Å²) in [6.45, 7) is 2.73. The Morgan fingerprint density at radius 1 is 1.42 bits per heavy atom. The summed E-state index contributed by atoms with van der Waals surface area (Å²) in [7, 11) is 0. The number of rotatable bonds is 4. The highest BCUT2D eigenvalue weighted by Crippen LogP contribution is 2.31. The van der Waals surface area contributed by atoms with Gasteiger partial charge < -0.3 is 9.88 Å². The number of carbonyl (C=O) groups excluding carboxylic acids is 1. The van der Waals surface area contributed by atoms with E-state index in [4.69, 9.17) is 0 Å². The van der Waals surface area contributed by atoms with E-state index in [0.29, 0.717) is 11.9 Å². The predicted octanol–water partition coefficient (Wildman–Crippen LogP) is 4.15. The summed E-state index contributed by atoms with van der Waals surface area (Å²) >= 11 is 1.60. The summed E-state index contributed by atoms with van der Waals surface area (Å²) in [4.78, 5) is 28.1. The van der Waals surface area contributed by atoms with Crippen molar-refractivity contribution in [2.24, 2.45) is 0 Å². The van der Waals surface area contributed by atoms with E-state index in [1.807, 2.05) is 17.3 Å². The molecule has 0 spiro atoms. The lowest BCUT2D eigenvalue weighted by Crippen LogP contribution is -2.39. The highest BCUT2D eigenvalue weighted by atomic mass is 32.1. The number of halogens is 1. The highest BCUT2D eigenvalue weighted by molar-refractivity contribution is 7.09. The molecular weight excluding hydrogens is 351 g/mol. The number of piperidine rings is 1. The molecule has 1 aliphatic heterocycles. The van der Waals surface area contributed by atoms with Gasteiger partial charge in [0.1, 0.15) is 11.6 Å². The fourth-order valence-electron chi connectivity index (χ4n) is 3.60. The molecule has 0 aliphatic carbocycles. The maximum Gasteiger partial charge on any atom is 0.223 e. The topological polar surface area (TPSA) is 61.9 Å². The number of benzene rings is 1. The molecule has 3 aromatic rings. The number of hydrogen-bond donors (Lipinski definition) is 1. The molecular formula is C19H21FN4OS. The quantitative estimate of drug-likeness (QED) is 0.748. The SMILES string of the molecule is Cc1ncsc1CCC(=O)N1CCCC[C@@H]1c1nc2ccc(F)cc2[nH]1. The molecule has 1 amide bonds. The van der Waals surface area contributed by atoms with Crippen molar-refractivity contribution in [2.45, 2.75) is 45.1 Å². The Hall–Kier alpha value is -2.28. The lowest BCUT2D eigenvalue weighted by molar-refractivity contribution is -0.135. The van der Waals surface area contributed by atoms with E-state index in [1.165, 1.54) is 17.0 Å². The number of fused-ring (bicyclic) bond motifs is 1. The Balaban J connectivity index is 1.53. The largest absolute Gasteiger partial charge is 0.340 e. The van der Waals surface area contributed by atoms with Gasteiger partial charge in [0.2, 0.25) is 5.91 Å². The number of aromatic amines is 1. The summed E-state index contributed by atoms with van der Waals surface area (Å²) in [6.07, 6.45) is 4.16. The molecule has 1 saturated heterocycles. The molecule has 0 saturated carbocycles. The van der Waals surface area contributed by atoms with Crippen LogP contribution in [0.2, 0.25) is 0 Å². The van der Waals surface area contributed by atoms with E-state index in [-0.39, 0.29) is 17.8 Å². The average Bonchev–Trinajstić information content (AvgIpc) is 3.25. The summed E-state index contributed by atoms with van der Waals surface area (Å²) in [5, 5.41) is 0. The van der Waals surface area contributed by atoms with Gasteiger partial charge in [0, 0.05) is 17.8 Å². The Labute approximate surface area is 155 Å². The van der Waals surface area contributed by atoms with E-state index < -0.39 is 0 Å². The van der Waals surface area contributed by atoms with Gasteiger partial charge in [-0.3, -0.25) is 4.79 Å². The number of hydrogen-bond acceptors (Lipinski definition) is 4. The van der Waals surface area contributed by atoms with E-state index in [9.17, 15) is 9.18 Å². The molecule has 1 N–H and O–H groups in total. The molecule has 0 bridgehead atoms. The third-order valence-corrected chi connectivity index (χ3v) is 6.01. The van der Waals surface area contributed by atoms with Crippen molar-refractivity contribution in [1.82, 2.24) is 19.9 Å². The van der Waals surface area contributed by atoms with Crippen molar-refractivity contribution >= 4 is 28.3 Å². The number of amides is 1. The number of nitrogens with zero attached hydrogens (tertiary/aromatic N) is 3. The second-order valence-corrected chi connectivity index (χ2v) is 7.68. The Kier molecular flexibility index (Phi) is 4.72. The molecule has 5 nitrogen and oxygen atoms in total. The van der Waals surface area contributed by atoms with Gasteiger partial charge in [-0.2, -0.15) is 0 Å². The number of imidazole rings is 1. The molecule has 7 heteroatoms. The van der Waals surface area contributed by atoms with Crippen molar-refractivity contribution in [1.29, 1.82) is 0 Å². The van der Waals surface area contributed by atoms with E-state index >= 15 is 0 Å². The maximum absolute atomic E-state index is 13.4. The Morgan fingerprint density at radius 2 is 2.31 bits per heavy atom.